The second-order valence-electron chi connectivity index (χ2n) is 5.89. The zero-order valence-electron chi connectivity index (χ0n) is 13.6. The van der Waals surface area contributed by atoms with Crippen molar-refractivity contribution in [2.24, 2.45) is 0 Å². The molecule has 126 valence electrons. The Kier molecular flexibility index (Phi) is 5.31. The molecule has 0 aliphatic carbocycles. The number of hydrogen-bond donors (Lipinski definition) is 1. The number of carbonyl (C=O) groups excluding carboxylic acids is 1. The van der Waals surface area contributed by atoms with E-state index in [1.165, 1.54) is 17.8 Å². The van der Waals surface area contributed by atoms with E-state index in [9.17, 15) is 9.18 Å². The molecule has 0 aromatic heterocycles. The molecule has 0 spiro atoms. The van der Waals surface area contributed by atoms with Crippen molar-refractivity contribution in [3.8, 4) is 0 Å². The van der Waals surface area contributed by atoms with Crippen LogP contribution in [0.2, 0.25) is 0 Å². The van der Waals surface area contributed by atoms with Crippen LogP contribution < -0.4 is 10.2 Å². The van der Waals surface area contributed by atoms with E-state index in [1.54, 1.807) is 12.1 Å². The third-order valence-electron chi connectivity index (χ3n) is 4.25. The molecule has 1 fully saturated rings. The molecule has 1 aliphatic heterocycles. The summed E-state index contributed by atoms with van der Waals surface area (Å²) in [6.07, 6.45) is 0.419. The first-order valence-electron chi connectivity index (χ1n) is 8.29. The van der Waals surface area contributed by atoms with Crippen LogP contribution in [0.4, 0.5) is 15.8 Å². The van der Waals surface area contributed by atoms with Crippen LogP contribution in [0.15, 0.2) is 54.6 Å². The third-order valence-corrected chi connectivity index (χ3v) is 4.25. The van der Waals surface area contributed by atoms with Crippen LogP contribution in [0, 0.1) is 5.82 Å². The topological polar surface area (TPSA) is 35.6 Å². The van der Waals surface area contributed by atoms with Crippen LogP contribution in [0.3, 0.4) is 0 Å². The standard InChI is InChI=1S/C19H22FN3O/c20-16-5-4-6-17(15-16)21-10-9-19(24)23-13-11-22(12-14-23)18-7-2-1-3-8-18/h1-8,15,21H,9-14H2. The number of piperazine rings is 1. The van der Waals surface area contributed by atoms with E-state index >= 15 is 0 Å². The average molecular weight is 327 g/mol. The van der Waals surface area contributed by atoms with Crippen LogP contribution in [0.25, 0.3) is 0 Å². The molecular weight excluding hydrogens is 305 g/mol. The minimum atomic E-state index is -0.275. The number of rotatable bonds is 5. The van der Waals surface area contributed by atoms with Crippen molar-refractivity contribution in [2.45, 2.75) is 6.42 Å². The van der Waals surface area contributed by atoms with Gasteiger partial charge in [0.2, 0.25) is 5.91 Å². The SMILES string of the molecule is O=C(CCNc1cccc(F)c1)N1CCN(c2ccccc2)CC1. The molecule has 1 amide bonds. The van der Waals surface area contributed by atoms with Gasteiger partial charge in [0.1, 0.15) is 5.82 Å². The molecule has 3 rings (SSSR count). The fourth-order valence-electron chi connectivity index (χ4n) is 2.92. The van der Waals surface area contributed by atoms with Crippen molar-refractivity contribution >= 4 is 17.3 Å². The lowest BCUT2D eigenvalue weighted by Crippen LogP contribution is -2.49. The van der Waals surface area contributed by atoms with Crippen molar-refractivity contribution in [3.05, 3.63) is 60.4 Å². The number of para-hydroxylation sites is 1. The lowest BCUT2D eigenvalue weighted by atomic mass is 10.2. The highest BCUT2D eigenvalue weighted by molar-refractivity contribution is 5.77. The number of amides is 1. The van der Waals surface area contributed by atoms with Crippen molar-refractivity contribution < 1.29 is 9.18 Å². The zero-order chi connectivity index (χ0) is 16.8. The van der Waals surface area contributed by atoms with Gasteiger partial charge >= 0.3 is 0 Å². The van der Waals surface area contributed by atoms with Gasteiger partial charge in [0.25, 0.3) is 0 Å². The maximum Gasteiger partial charge on any atom is 0.224 e. The maximum absolute atomic E-state index is 13.1. The highest BCUT2D eigenvalue weighted by Gasteiger charge is 2.20. The second kappa shape index (κ2) is 7.81. The molecule has 1 N–H and O–H groups in total. The summed E-state index contributed by atoms with van der Waals surface area (Å²) in [4.78, 5) is 16.5. The summed E-state index contributed by atoms with van der Waals surface area (Å²) in [6, 6.07) is 16.6. The largest absolute Gasteiger partial charge is 0.384 e. The minimum Gasteiger partial charge on any atom is -0.384 e. The van der Waals surface area contributed by atoms with Gasteiger partial charge in [-0.05, 0) is 30.3 Å². The molecule has 2 aromatic rings. The van der Waals surface area contributed by atoms with Gasteiger partial charge in [-0.3, -0.25) is 4.79 Å². The monoisotopic (exact) mass is 327 g/mol. The van der Waals surface area contributed by atoms with E-state index in [4.69, 9.17) is 0 Å². The number of benzene rings is 2. The highest BCUT2D eigenvalue weighted by atomic mass is 19.1. The Labute approximate surface area is 141 Å². The lowest BCUT2D eigenvalue weighted by molar-refractivity contribution is -0.131. The predicted octanol–water partition coefficient (Wildman–Crippen LogP) is 2.98. The van der Waals surface area contributed by atoms with Crippen molar-refractivity contribution in [3.63, 3.8) is 0 Å². The van der Waals surface area contributed by atoms with E-state index in [-0.39, 0.29) is 11.7 Å². The van der Waals surface area contributed by atoms with E-state index in [2.05, 4.69) is 22.3 Å². The summed E-state index contributed by atoms with van der Waals surface area (Å²) in [5.74, 6) is -0.130. The van der Waals surface area contributed by atoms with Gasteiger partial charge in [0.05, 0.1) is 0 Å². The van der Waals surface area contributed by atoms with Gasteiger partial charge in [-0.1, -0.05) is 24.3 Å². The van der Waals surface area contributed by atoms with Gasteiger partial charge in [-0.25, -0.2) is 4.39 Å². The van der Waals surface area contributed by atoms with E-state index < -0.39 is 0 Å². The van der Waals surface area contributed by atoms with Crippen molar-refractivity contribution in [1.29, 1.82) is 0 Å². The molecule has 0 atom stereocenters. The van der Waals surface area contributed by atoms with Gasteiger partial charge in [-0.2, -0.15) is 0 Å². The Morgan fingerprint density at radius 3 is 2.46 bits per heavy atom. The molecule has 0 unspecified atom stereocenters. The van der Waals surface area contributed by atoms with Gasteiger partial charge in [-0.15, -0.1) is 0 Å². The molecule has 4 nitrogen and oxygen atoms in total. The summed E-state index contributed by atoms with van der Waals surface area (Å²) in [6.45, 7) is 3.71. The Morgan fingerprint density at radius 2 is 1.75 bits per heavy atom. The molecular formula is C19H22FN3O. The minimum absolute atomic E-state index is 0.145. The van der Waals surface area contributed by atoms with Gasteiger partial charge < -0.3 is 15.1 Å². The van der Waals surface area contributed by atoms with Crippen LogP contribution >= 0.6 is 0 Å². The van der Waals surface area contributed by atoms with Crippen LogP contribution in [0.1, 0.15) is 6.42 Å². The number of nitrogens with one attached hydrogen (secondary N) is 1. The summed E-state index contributed by atoms with van der Waals surface area (Å²) >= 11 is 0. The molecule has 2 aromatic carbocycles. The zero-order valence-corrected chi connectivity index (χ0v) is 13.6. The van der Waals surface area contributed by atoms with E-state index in [1.807, 2.05) is 23.1 Å². The van der Waals surface area contributed by atoms with Crippen molar-refractivity contribution in [1.82, 2.24) is 4.90 Å². The summed E-state index contributed by atoms with van der Waals surface area (Å²) < 4.78 is 13.1. The Bertz CT molecular complexity index is 669. The smallest absolute Gasteiger partial charge is 0.224 e. The normalized spacial score (nSPS) is 14.5. The first-order chi connectivity index (χ1) is 11.7. The lowest BCUT2D eigenvalue weighted by Gasteiger charge is -2.36. The Balaban J connectivity index is 1.42. The second-order valence-corrected chi connectivity index (χ2v) is 5.89. The molecule has 1 aliphatic rings. The number of carbonyl (C=O) groups is 1. The Hall–Kier alpha value is -2.56. The summed E-state index contributed by atoms with van der Waals surface area (Å²) in [7, 11) is 0. The number of anilines is 2. The molecule has 0 saturated carbocycles. The molecule has 0 bridgehead atoms. The van der Waals surface area contributed by atoms with E-state index in [0.29, 0.717) is 18.7 Å². The Morgan fingerprint density at radius 1 is 1.00 bits per heavy atom. The molecule has 1 heterocycles. The number of nitrogens with zero attached hydrogens (tertiary/aromatic N) is 2. The number of hydrogen-bond acceptors (Lipinski definition) is 3. The molecule has 1 saturated heterocycles. The van der Waals surface area contributed by atoms with E-state index in [0.717, 1.165) is 26.2 Å². The first-order valence-corrected chi connectivity index (χ1v) is 8.29. The average Bonchev–Trinajstić information content (AvgIpc) is 2.63. The number of halogens is 1. The van der Waals surface area contributed by atoms with Crippen molar-refractivity contribution in [2.75, 3.05) is 42.9 Å². The fourth-order valence-corrected chi connectivity index (χ4v) is 2.92. The quantitative estimate of drug-likeness (QED) is 0.917. The maximum atomic E-state index is 13.1. The van der Waals surface area contributed by atoms with Gasteiger partial charge in [0, 0.05) is 50.5 Å². The van der Waals surface area contributed by atoms with Crippen LogP contribution in [-0.2, 0) is 4.79 Å². The highest BCUT2D eigenvalue weighted by Crippen LogP contribution is 2.16. The third kappa shape index (κ3) is 4.25. The molecule has 24 heavy (non-hydrogen) atoms. The van der Waals surface area contributed by atoms with Gasteiger partial charge in [0.15, 0.2) is 0 Å². The fraction of sp³-hybridized carbons (Fsp3) is 0.316. The first kappa shape index (κ1) is 16.3. The van der Waals surface area contributed by atoms with Crippen LogP contribution in [0.5, 0.6) is 0 Å². The summed E-state index contributed by atoms with van der Waals surface area (Å²) in [5.41, 5.74) is 1.91. The predicted molar refractivity (Wildman–Crippen MR) is 94.7 cm³/mol. The van der Waals surface area contributed by atoms with Crippen LogP contribution in [-0.4, -0.2) is 43.5 Å². The molecule has 0 radical (unpaired) electrons. The molecule has 5 heteroatoms. The summed E-state index contributed by atoms with van der Waals surface area (Å²) in [5, 5.41) is 3.09.